The molecule has 0 radical (unpaired) electrons. The second kappa shape index (κ2) is 9.08. The van der Waals surface area contributed by atoms with E-state index in [2.05, 4.69) is 24.1 Å². The van der Waals surface area contributed by atoms with E-state index in [0.29, 0.717) is 17.4 Å². The third-order valence-electron chi connectivity index (χ3n) is 4.50. The lowest BCUT2D eigenvalue weighted by Crippen LogP contribution is -2.23. The Morgan fingerprint density at radius 2 is 1.64 bits per heavy atom. The molecule has 28 heavy (non-hydrogen) atoms. The zero-order chi connectivity index (χ0) is 19.9. The van der Waals surface area contributed by atoms with Crippen LogP contribution < -0.4 is 19.7 Å². The van der Waals surface area contributed by atoms with Crippen LogP contribution in [0, 0.1) is 0 Å². The van der Waals surface area contributed by atoms with Crippen LogP contribution in [0.3, 0.4) is 0 Å². The largest absolute Gasteiger partial charge is 0.497 e. The van der Waals surface area contributed by atoms with Crippen molar-refractivity contribution in [1.82, 2.24) is 9.97 Å². The molecule has 0 unspecified atom stereocenters. The smallest absolute Gasteiger partial charge is 0.163 e. The van der Waals surface area contributed by atoms with Gasteiger partial charge in [0, 0.05) is 30.8 Å². The van der Waals surface area contributed by atoms with Crippen molar-refractivity contribution in [2.75, 3.05) is 37.5 Å². The zero-order valence-corrected chi connectivity index (χ0v) is 16.8. The molecule has 0 saturated heterocycles. The monoisotopic (exact) mass is 378 g/mol. The summed E-state index contributed by atoms with van der Waals surface area (Å²) in [6, 6.07) is 17.6. The van der Waals surface area contributed by atoms with Crippen molar-refractivity contribution >= 4 is 17.3 Å². The van der Waals surface area contributed by atoms with Gasteiger partial charge in [-0.1, -0.05) is 30.3 Å². The summed E-state index contributed by atoms with van der Waals surface area (Å²) in [4.78, 5) is 11.7. The van der Waals surface area contributed by atoms with Gasteiger partial charge in [-0.25, -0.2) is 9.97 Å². The highest BCUT2D eigenvalue weighted by atomic mass is 16.5. The molecule has 0 amide bonds. The van der Waals surface area contributed by atoms with Crippen LogP contribution in [0.2, 0.25) is 0 Å². The number of ether oxygens (including phenoxy) is 2. The van der Waals surface area contributed by atoms with Gasteiger partial charge in [0.2, 0.25) is 0 Å². The maximum Gasteiger partial charge on any atom is 0.163 e. The van der Waals surface area contributed by atoms with Gasteiger partial charge >= 0.3 is 0 Å². The number of hydrogen-bond acceptors (Lipinski definition) is 6. The molecule has 0 atom stereocenters. The average Bonchev–Trinajstić information content (AvgIpc) is 2.75. The molecule has 0 aliphatic carbocycles. The van der Waals surface area contributed by atoms with Crippen molar-refractivity contribution in [2.45, 2.75) is 13.8 Å². The molecule has 1 aromatic heterocycles. The number of anilines is 3. The number of nitrogens with zero attached hydrogens (tertiary/aromatic N) is 3. The first-order valence-corrected chi connectivity index (χ1v) is 9.37. The van der Waals surface area contributed by atoms with Gasteiger partial charge in [0.25, 0.3) is 0 Å². The fraction of sp³-hybridized carbons (Fsp3) is 0.273. The molecule has 0 saturated carbocycles. The summed E-state index contributed by atoms with van der Waals surface area (Å²) in [5, 5.41) is 3.37. The summed E-state index contributed by atoms with van der Waals surface area (Å²) < 4.78 is 10.8. The van der Waals surface area contributed by atoms with Gasteiger partial charge in [-0.15, -0.1) is 0 Å². The van der Waals surface area contributed by atoms with E-state index >= 15 is 0 Å². The van der Waals surface area contributed by atoms with E-state index in [9.17, 15) is 0 Å². The summed E-state index contributed by atoms with van der Waals surface area (Å²) in [7, 11) is 3.27. The van der Waals surface area contributed by atoms with Crippen molar-refractivity contribution in [3.05, 3.63) is 54.6 Å². The zero-order valence-electron chi connectivity index (χ0n) is 16.8. The Bertz CT molecular complexity index is 912. The lowest BCUT2D eigenvalue weighted by Gasteiger charge is -2.21. The molecule has 1 N–H and O–H groups in total. The minimum atomic E-state index is 0.681. The Morgan fingerprint density at radius 1 is 0.893 bits per heavy atom. The van der Waals surface area contributed by atoms with Crippen molar-refractivity contribution in [3.8, 4) is 22.9 Å². The fourth-order valence-electron chi connectivity index (χ4n) is 2.96. The van der Waals surface area contributed by atoms with E-state index in [1.807, 2.05) is 54.6 Å². The van der Waals surface area contributed by atoms with E-state index in [-0.39, 0.29) is 0 Å². The highest BCUT2D eigenvalue weighted by Gasteiger charge is 2.13. The van der Waals surface area contributed by atoms with Gasteiger partial charge in [-0.2, -0.15) is 0 Å². The molecule has 0 aliphatic rings. The Kier molecular flexibility index (Phi) is 6.32. The van der Waals surface area contributed by atoms with Crippen molar-refractivity contribution in [3.63, 3.8) is 0 Å². The lowest BCUT2D eigenvalue weighted by molar-refractivity contribution is 0.395. The minimum absolute atomic E-state index is 0.681. The maximum absolute atomic E-state index is 5.50. The Morgan fingerprint density at radius 3 is 2.29 bits per heavy atom. The van der Waals surface area contributed by atoms with Crippen LogP contribution in [-0.4, -0.2) is 37.3 Å². The van der Waals surface area contributed by atoms with Crippen molar-refractivity contribution < 1.29 is 9.47 Å². The van der Waals surface area contributed by atoms with E-state index < -0.39 is 0 Å². The third-order valence-corrected chi connectivity index (χ3v) is 4.50. The number of methoxy groups -OCH3 is 2. The molecule has 3 aromatic rings. The van der Waals surface area contributed by atoms with Gasteiger partial charge in [-0.3, -0.25) is 0 Å². The van der Waals surface area contributed by atoms with Crippen LogP contribution in [0.4, 0.5) is 17.3 Å². The Hall–Kier alpha value is -3.28. The van der Waals surface area contributed by atoms with Crippen LogP contribution in [0.25, 0.3) is 11.4 Å². The van der Waals surface area contributed by atoms with E-state index in [0.717, 1.165) is 35.9 Å². The Labute approximate surface area is 166 Å². The molecule has 2 aromatic carbocycles. The molecule has 6 nitrogen and oxygen atoms in total. The number of benzene rings is 2. The summed E-state index contributed by atoms with van der Waals surface area (Å²) in [6.07, 6.45) is 0. The molecule has 3 rings (SSSR count). The fourth-order valence-corrected chi connectivity index (χ4v) is 2.96. The van der Waals surface area contributed by atoms with Crippen molar-refractivity contribution in [1.29, 1.82) is 0 Å². The van der Waals surface area contributed by atoms with Gasteiger partial charge in [0.05, 0.1) is 19.9 Å². The number of rotatable bonds is 8. The van der Waals surface area contributed by atoms with E-state index in [1.54, 1.807) is 14.2 Å². The van der Waals surface area contributed by atoms with Gasteiger partial charge in [-0.05, 0) is 26.0 Å². The molecule has 0 bridgehead atoms. The molecule has 6 heteroatoms. The summed E-state index contributed by atoms with van der Waals surface area (Å²) >= 11 is 0. The minimum Gasteiger partial charge on any atom is -0.497 e. The number of nitrogens with one attached hydrogen (secondary N) is 1. The first-order chi connectivity index (χ1) is 13.7. The second-order valence-electron chi connectivity index (χ2n) is 6.16. The first-order valence-electron chi connectivity index (χ1n) is 9.37. The van der Waals surface area contributed by atoms with Crippen molar-refractivity contribution in [2.24, 2.45) is 0 Å². The van der Waals surface area contributed by atoms with Crippen LogP contribution in [0.5, 0.6) is 11.5 Å². The molecular formula is C22H26N4O2. The SMILES string of the molecule is CCN(CC)c1cc(Nc2ccc(OC)cc2OC)nc(-c2ccccc2)n1. The van der Waals surface area contributed by atoms with Gasteiger partial charge in [0.15, 0.2) is 5.82 Å². The molecule has 146 valence electrons. The van der Waals surface area contributed by atoms with E-state index in [4.69, 9.17) is 19.4 Å². The van der Waals surface area contributed by atoms with Gasteiger partial charge in [0.1, 0.15) is 23.1 Å². The normalized spacial score (nSPS) is 10.4. The molecule has 0 fully saturated rings. The summed E-state index contributed by atoms with van der Waals surface area (Å²) in [5.74, 6) is 3.69. The van der Waals surface area contributed by atoms with Crippen LogP contribution >= 0.6 is 0 Å². The number of hydrogen-bond donors (Lipinski definition) is 1. The molecular weight excluding hydrogens is 352 g/mol. The molecule has 0 spiro atoms. The summed E-state index contributed by atoms with van der Waals surface area (Å²) in [5.41, 5.74) is 1.78. The molecule has 0 aliphatic heterocycles. The standard InChI is InChI=1S/C22H26N4O2/c1-5-26(6-2)21-15-20(24-22(25-21)16-10-8-7-9-11-16)23-18-13-12-17(27-3)14-19(18)28-4/h7-15H,5-6H2,1-4H3,(H,23,24,25). The quantitative estimate of drug-likeness (QED) is 0.610. The lowest BCUT2D eigenvalue weighted by atomic mass is 10.2. The Balaban J connectivity index is 2.04. The predicted molar refractivity (Wildman–Crippen MR) is 114 cm³/mol. The van der Waals surface area contributed by atoms with E-state index in [1.165, 1.54) is 0 Å². The third kappa shape index (κ3) is 4.34. The number of aromatic nitrogens is 2. The predicted octanol–water partition coefficient (Wildman–Crippen LogP) is 4.75. The van der Waals surface area contributed by atoms with Gasteiger partial charge < -0.3 is 19.7 Å². The maximum atomic E-state index is 5.50. The highest BCUT2D eigenvalue weighted by molar-refractivity contribution is 5.69. The second-order valence-corrected chi connectivity index (χ2v) is 6.16. The van der Waals surface area contributed by atoms with Crippen LogP contribution in [0.15, 0.2) is 54.6 Å². The van der Waals surface area contributed by atoms with Crippen LogP contribution in [-0.2, 0) is 0 Å². The topological polar surface area (TPSA) is 59.5 Å². The summed E-state index contributed by atoms with van der Waals surface area (Å²) in [6.45, 7) is 5.97. The first kappa shape index (κ1) is 19.5. The van der Waals surface area contributed by atoms with Crippen LogP contribution in [0.1, 0.15) is 13.8 Å². The average molecular weight is 378 g/mol. The molecule has 1 heterocycles. The highest BCUT2D eigenvalue weighted by Crippen LogP contribution is 2.32.